The first-order valence-corrected chi connectivity index (χ1v) is 12.1. The maximum Gasteiger partial charge on any atom is 0.573 e. The second kappa shape index (κ2) is 11.4. The number of hydrogen-bond donors (Lipinski definition) is 3. The van der Waals surface area contributed by atoms with Gasteiger partial charge in [0, 0.05) is 16.9 Å². The van der Waals surface area contributed by atoms with Gasteiger partial charge in [0.1, 0.15) is 5.75 Å². The summed E-state index contributed by atoms with van der Waals surface area (Å²) in [4.78, 5) is 27.3. The Balaban J connectivity index is 1.53. The molecule has 0 aliphatic rings. The molecule has 10 nitrogen and oxygen atoms in total. The maximum atomic E-state index is 13.4. The summed E-state index contributed by atoms with van der Waals surface area (Å²) in [7, 11) is 0. The molecule has 1 aromatic heterocycles. The Kier molecular flexibility index (Phi) is 8.03. The number of nitrogens with one attached hydrogen (secondary N) is 3. The van der Waals surface area contributed by atoms with Gasteiger partial charge in [0.2, 0.25) is 0 Å². The first-order valence-electron chi connectivity index (χ1n) is 12.1. The van der Waals surface area contributed by atoms with Crippen LogP contribution in [-0.4, -0.2) is 38.9 Å². The monoisotopic (exact) mass is 553 g/mol. The van der Waals surface area contributed by atoms with Crippen LogP contribution < -0.4 is 20.3 Å². The zero-order valence-electron chi connectivity index (χ0n) is 21.8. The molecular formula is C27H26F3N7O3. The molecule has 208 valence electrons. The van der Waals surface area contributed by atoms with E-state index in [0.717, 1.165) is 23.3 Å². The molecule has 0 saturated heterocycles. The summed E-state index contributed by atoms with van der Waals surface area (Å²) >= 11 is 0. The zero-order valence-corrected chi connectivity index (χ0v) is 21.8. The maximum absolute atomic E-state index is 13.4. The minimum atomic E-state index is -4.82. The predicted octanol–water partition coefficient (Wildman–Crippen LogP) is 5.89. The predicted molar refractivity (Wildman–Crippen MR) is 142 cm³/mol. The molecule has 3 amide bonds. The Bertz CT molecular complexity index is 1430. The lowest BCUT2D eigenvalue weighted by Crippen LogP contribution is -2.34. The van der Waals surface area contributed by atoms with Gasteiger partial charge in [-0.25, -0.2) is 4.79 Å². The normalized spacial score (nSPS) is 11.6. The van der Waals surface area contributed by atoms with Crippen molar-refractivity contribution in [3.63, 3.8) is 0 Å². The number of carbonyl (C=O) groups excluding carboxylic acids is 2. The molecule has 0 saturated carbocycles. The van der Waals surface area contributed by atoms with Crippen molar-refractivity contribution < 1.29 is 27.5 Å². The van der Waals surface area contributed by atoms with Gasteiger partial charge in [-0.1, -0.05) is 50.1 Å². The van der Waals surface area contributed by atoms with Crippen molar-refractivity contribution >= 4 is 29.3 Å². The molecular weight excluding hydrogens is 527 g/mol. The number of amides is 3. The summed E-state index contributed by atoms with van der Waals surface area (Å²) in [6, 6.07) is 18.5. The van der Waals surface area contributed by atoms with Gasteiger partial charge in [0.15, 0.2) is 0 Å². The molecule has 0 radical (unpaired) electrons. The number of benzene rings is 3. The minimum Gasteiger partial charge on any atom is -0.406 e. The number of rotatable bonds is 7. The van der Waals surface area contributed by atoms with Gasteiger partial charge in [0.25, 0.3) is 11.9 Å². The van der Waals surface area contributed by atoms with Crippen molar-refractivity contribution in [2.75, 3.05) is 15.5 Å². The van der Waals surface area contributed by atoms with E-state index in [1.807, 2.05) is 24.3 Å². The number of ether oxygens (including phenoxy) is 1. The number of tetrazole rings is 1. The number of carbonyl (C=O) groups is 2. The average Bonchev–Trinajstić information content (AvgIpc) is 3.40. The third kappa shape index (κ3) is 7.56. The van der Waals surface area contributed by atoms with Gasteiger partial charge in [0.05, 0.1) is 6.54 Å². The average molecular weight is 554 g/mol. The molecule has 0 aliphatic carbocycles. The zero-order chi connectivity index (χ0) is 28.9. The van der Waals surface area contributed by atoms with Crippen LogP contribution in [0.1, 0.15) is 42.3 Å². The molecule has 3 N–H and O–H groups in total. The quantitative estimate of drug-likeness (QED) is 0.262. The number of halogens is 3. The van der Waals surface area contributed by atoms with E-state index in [1.165, 1.54) is 17.0 Å². The second-order valence-corrected chi connectivity index (χ2v) is 9.77. The standard InChI is InChI=1S/C27H26F3N7O3/c1-26(2,3)19-8-12-21(13-9-19)37(25(39)31-20-10-14-22(15-11-20)40-27(28,29)30)16-17-4-6-18(7-5-17)23(38)32-24-33-35-36-34-24/h4-15H,16H2,1-3H3,(H,31,39)(H2,32,33,34,35,36,38). The fraction of sp³-hybridized carbons (Fsp3) is 0.222. The lowest BCUT2D eigenvalue weighted by Gasteiger charge is -2.25. The highest BCUT2D eigenvalue weighted by molar-refractivity contribution is 6.03. The van der Waals surface area contributed by atoms with E-state index in [1.54, 1.807) is 24.3 Å². The Morgan fingerprint density at radius 2 is 1.55 bits per heavy atom. The van der Waals surface area contributed by atoms with Crippen molar-refractivity contribution in [1.29, 1.82) is 0 Å². The summed E-state index contributed by atoms with van der Waals surface area (Å²) in [6.45, 7) is 6.38. The van der Waals surface area contributed by atoms with E-state index in [9.17, 15) is 22.8 Å². The summed E-state index contributed by atoms with van der Waals surface area (Å²) < 4.78 is 41.3. The van der Waals surface area contributed by atoms with Crippen LogP contribution in [0.5, 0.6) is 5.75 Å². The van der Waals surface area contributed by atoms with Crippen LogP contribution in [0.25, 0.3) is 0 Å². The molecule has 0 fully saturated rings. The third-order valence-electron chi connectivity index (χ3n) is 5.76. The third-order valence-corrected chi connectivity index (χ3v) is 5.76. The number of urea groups is 1. The number of aromatic nitrogens is 4. The van der Waals surface area contributed by atoms with Crippen LogP contribution in [0.2, 0.25) is 0 Å². The fourth-order valence-electron chi connectivity index (χ4n) is 3.69. The lowest BCUT2D eigenvalue weighted by molar-refractivity contribution is -0.274. The summed E-state index contributed by atoms with van der Waals surface area (Å²) in [5, 5.41) is 18.2. The van der Waals surface area contributed by atoms with Crippen LogP contribution in [0.15, 0.2) is 72.8 Å². The minimum absolute atomic E-state index is 0.0358. The highest BCUT2D eigenvalue weighted by atomic mass is 19.4. The first kappa shape index (κ1) is 28.1. The highest BCUT2D eigenvalue weighted by Crippen LogP contribution is 2.27. The molecule has 0 bridgehead atoms. The molecule has 0 atom stereocenters. The van der Waals surface area contributed by atoms with Crippen molar-refractivity contribution in [2.24, 2.45) is 0 Å². The van der Waals surface area contributed by atoms with E-state index in [-0.39, 0.29) is 23.6 Å². The van der Waals surface area contributed by atoms with Gasteiger partial charge < -0.3 is 10.1 Å². The van der Waals surface area contributed by atoms with Crippen LogP contribution in [0.4, 0.5) is 35.3 Å². The van der Waals surface area contributed by atoms with Gasteiger partial charge in [-0.2, -0.15) is 5.21 Å². The summed E-state index contributed by atoms with van der Waals surface area (Å²) in [5.74, 6) is -0.796. The van der Waals surface area contributed by atoms with Gasteiger partial charge in [-0.05, 0) is 70.3 Å². The Labute approximate surface area is 227 Å². The molecule has 0 unspecified atom stereocenters. The van der Waals surface area contributed by atoms with Crippen LogP contribution >= 0.6 is 0 Å². The number of anilines is 3. The second-order valence-electron chi connectivity index (χ2n) is 9.77. The molecule has 4 rings (SSSR count). The summed E-state index contributed by atoms with van der Waals surface area (Å²) in [5.41, 5.74) is 2.93. The number of aromatic amines is 1. The number of alkyl halides is 3. The van der Waals surface area contributed by atoms with Gasteiger partial charge in [-0.3, -0.25) is 15.0 Å². The number of H-pyrrole nitrogens is 1. The van der Waals surface area contributed by atoms with Crippen LogP contribution in [0, 0.1) is 0 Å². The van der Waals surface area contributed by atoms with Crippen molar-refractivity contribution in [3.05, 3.63) is 89.5 Å². The first-order chi connectivity index (χ1) is 18.9. The van der Waals surface area contributed by atoms with Crippen molar-refractivity contribution in [1.82, 2.24) is 20.6 Å². The molecule has 0 spiro atoms. The SMILES string of the molecule is CC(C)(C)c1ccc(N(Cc2ccc(C(=O)Nc3nn[nH]n3)cc2)C(=O)Nc2ccc(OC(F)(F)F)cc2)cc1. The number of hydrogen-bond acceptors (Lipinski definition) is 6. The van der Waals surface area contributed by atoms with Crippen LogP contribution in [-0.2, 0) is 12.0 Å². The van der Waals surface area contributed by atoms with E-state index in [2.05, 4.69) is 56.8 Å². The molecule has 0 aliphatic heterocycles. The largest absolute Gasteiger partial charge is 0.573 e. The van der Waals surface area contributed by atoms with E-state index in [0.29, 0.717) is 11.3 Å². The highest BCUT2D eigenvalue weighted by Gasteiger charge is 2.31. The van der Waals surface area contributed by atoms with Crippen molar-refractivity contribution in [3.8, 4) is 5.75 Å². The van der Waals surface area contributed by atoms with Gasteiger partial charge in [-0.15, -0.1) is 18.3 Å². The Morgan fingerprint density at radius 1 is 0.900 bits per heavy atom. The number of nitrogens with zero attached hydrogens (tertiary/aromatic N) is 4. The molecule has 40 heavy (non-hydrogen) atoms. The Hall–Kier alpha value is -4.94. The molecule has 1 heterocycles. The Morgan fingerprint density at radius 3 is 2.10 bits per heavy atom. The molecule has 4 aromatic rings. The van der Waals surface area contributed by atoms with E-state index < -0.39 is 24.1 Å². The molecule has 3 aromatic carbocycles. The molecule has 13 heteroatoms. The fourth-order valence-corrected chi connectivity index (χ4v) is 3.69. The van der Waals surface area contributed by atoms with Crippen LogP contribution in [0.3, 0.4) is 0 Å². The lowest BCUT2D eigenvalue weighted by atomic mass is 9.87. The van der Waals surface area contributed by atoms with Crippen molar-refractivity contribution in [2.45, 2.75) is 39.1 Å². The van der Waals surface area contributed by atoms with Gasteiger partial charge >= 0.3 is 12.4 Å². The summed E-state index contributed by atoms with van der Waals surface area (Å²) in [6.07, 6.45) is -4.82. The smallest absolute Gasteiger partial charge is 0.406 e. The van der Waals surface area contributed by atoms with E-state index >= 15 is 0 Å². The van der Waals surface area contributed by atoms with E-state index in [4.69, 9.17) is 0 Å². The topological polar surface area (TPSA) is 125 Å².